The summed E-state index contributed by atoms with van der Waals surface area (Å²) in [6, 6.07) is 3.96. The van der Waals surface area contributed by atoms with E-state index in [9.17, 15) is 15.0 Å². The number of aromatic nitrogens is 1. The van der Waals surface area contributed by atoms with Crippen molar-refractivity contribution in [1.82, 2.24) is 10.3 Å². The topological polar surface area (TPSA) is 82.5 Å². The third kappa shape index (κ3) is 3.27. The predicted octanol–water partition coefficient (Wildman–Crippen LogP) is 2.61. The summed E-state index contributed by atoms with van der Waals surface area (Å²) >= 11 is 1.57. The zero-order valence-electron chi connectivity index (χ0n) is 11.3. The summed E-state index contributed by atoms with van der Waals surface area (Å²) in [4.78, 5) is 16.3. The molecule has 1 aromatic heterocycles. The van der Waals surface area contributed by atoms with Crippen LogP contribution in [0, 0.1) is 0 Å². The fraction of sp³-hybridized carbons (Fsp3) is 0.286. The van der Waals surface area contributed by atoms with Crippen LogP contribution < -0.4 is 5.32 Å². The SMILES string of the molecule is CC(C)c1nc(CNC(=O)c2ccc(O)c(O)c2)cs1. The Morgan fingerprint density at radius 1 is 1.35 bits per heavy atom. The molecule has 2 rings (SSSR count). The van der Waals surface area contributed by atoms with Crippen LogP contribution >= 0.6 is 11.3 Å². The lowest BCUT2D eigenvalue weighted by molar-refractivity contribution is 0.0950. The number of hydrogen-bond donors (Lipinski definition) is 3. The number of phenols is 2. The van der Waals surface area contributed by atoms with Gasteiger partial charge in [-0.1, -0.05) is 13.8 Å². The Balaban J connectivity index is 1.99. The van der Waals surface area contributed by atoms with Gasteiger partial charge in [-0.25, -0.2) is 4.98 Å². The van der Waals surface area contributed by atoms with Crippen LogP contribution in [-0.4, -0.2) is 21.1 Å². The molecule has 1 heterocycles. The summed E-state index contributed by atoms with van der Waals surface area (Å²) in [7, 11) is 0. The largest absolute Gasteiger partial charge is 0.504 e. The fourth-order valence-corrected chi connectivity index (χ4v) is 2.44. The molecule has 0 atom stereocenters. The standard InChI is InChI=1S/C14H16N2O3S/c1-8(2)14-16-10(7-20-14)6-15-13(19)9-3-4-11(17)12(18)5-9/h3-5,7-8,17-18H,6H2,1-2H3,(H,15,19). The number of hydrogen-bond acceptors (Lipinski definition) is 5. The molecule has 0 saturated heterocycles. The van der Waals surface area contributed by atoms with Crippen LogP contribution in [0.2, 0.25) is 0 Å². The van der Waals surface area contributed by atoms with Gasteiger partial charge in [0.05, 0.1) is 17.2 Å². The van der Waals surface area contributed by atoms with E-state index in [1.165, 1.54) is 18.2 Å². The van der Waals surface area contributed by atoms with Gasteiger partial charge in [0.2, 0.25) is 0 Å². The van der Waals surface area contributed by atoms with Crippen molar-refractivity contribution in [2.24, 2.45) is 0 Å². The average Bonchev–Trinajstić information content (AvgIpc) is 2.88. The van der Waals surface area contributed by atoms with Gasteiger partial charge in [0, 0.05) is 16.9 Å². The van der Waals surface area contributed by atoms with Crippen molar-refractivity contribution in [3.63, 3.8) is 0 Å². The molecule has 0 saturated carbocycles. The molecule has 3 N–H and O–H groups in total. The van der Waals surface area contributed by atoms with Crippen molar-refractivity contribution in [3.8, 4) is 11.5 Å². The Bertz CT molecular complexity index is 623. The van der Waals surface area contributed by atoms with Gasteiger partial charge in [-0.15, -0.1) is 11.3 Å². The Morgan fingerprint density at radius 2 is 2.10 bits per heavy atom. The van der Waals surface area contributed by atoms with Gasteiger partial charge < -0.3 is 15.5 Å². The highest BCUT2D eigenvalue weighted by Crippen LogP contribution is 2.24. The first kappa shape index (κ1) is 14.3. The first-order valence-corrected chi connectivity index (χ1v) is 7.10. The second-order valence-electron chi connectivity index (χ2n) is 4.72. The van der Waals surface area contributed by atoms with Gasteiger partial charge in [0.15, 0.2) is 11.5 Å². The molecule has 1 amide bonds. The zero-order chi connectivity index (χ0) is 14.7. The zero-order valence-corrected chi connectivity index (χ0v) is 12.1. The van der Waals surface area contributed by atoms with Crippen molar-refractivity contribution in [2.45, 2.75) is 26.3 Å². The molecule has 2 aromatic rings. The molecule has 1 aromatic carbocycles. The number of aromatic hydroxyl groups is 2. The number of nitrogens with zero attached hydrogens (tertiary/aromatic N) is 1. The molecule has 0 radical (unpaired) electrons. The van der Waals surface area contributed by atoms with Gasteiger partial charge in [0.1, 0.15) is 0 Å². The number of benzene rings is 1. The van der Waals surface area contributed by atoms with Crippen LogP contribution in [0.3, 0.4) is 0 Å². The van der Waals surface area contributed by atoms with Gasteiger partial charge in [0.25, 0.3) is 5.91 Å². The van der Waals surface area contributed by atoms with Crippen molar-refractivity contribution in [3.05, 3.63) is 39.8 Å². The minimum absolute atomic E-state index is 0.248. The average molecular weight is 292 g/mol. The molecule has 6 heteroatoms. The monoisotopic (exact) mass is 292 g/mol. The summed E-state index contributed by atoms with van der Waals surface area (Å²) in [6.07, 6.45) is 0. The first-order chi connectivity index (χ1) is 9.47. The molecule has 0 bridgehead atoms. The molecule has 0 aliphatic heterocycles. The third-order valence-corrected chi connectivity index (χ3v) is 3.93. The van der Waals surface area contributed by atoms with Gasteiger partial charge in [-0.05, 0) is 18.2 Å². The molecular formula is C14H16N2O3S. The number of amides is 1. The lowest BCUT2D eigenvalue weighted by atomic mass is 10.2. The summed E-state index contributed by atoms with van der Waals surface area (Å²) in [5.41, 5.74) is 1.11. The molecule has 0 unspecified atom stereocenters. The smallest absolute Gasteiger partial charge is 0.251 e. The minimum atomic E-state index is -0.320. The van der Waals surface area contributed by atoms with E-state index in [-0.39, 0.29) is 17.4 Å². The molecule has 0 aliphatic carbocycles. The van der Waals surface area contributed by atoms with Crippen molar-refractivity contribution in [1.29, 1.82) is 0 Å². The van der Waals surface area contributed by atoms with Gasteiger partial charge in [-0.2, -0.15) is 0 Å². The van der Waals surface area contributed by atoms with Gasteiger partial charge >= 0.3 is 0 Å². The summed E-state index contributed by atoms with van der Waals surface area (Å²) < 4.78 is 0. The number of phenolic OH excluding ortho intramolecular Hbond substituents is 2. The van der Waals surface area contributed by atoms with E-state index in [1.54, 1.807) is 11.3 Å². The summed E-state index contributed by atoms with van der Waals surface area (Å²) in [6.45, 7) is 4.48. The highest BCUT2D eigenvalue weighted by molar-refractivity contribution is 7.09. The first-order valence-electron chi connectivity index (χ1n) is 6.22. The Morgan fingerprint density at radius 3 is 2.70 bits per heavy atom. The third-order valence-electron chi connectivity index (χ3n) is 2.73. The number of carbonyl (C=O) groups excluding carboxylic acids is 1. The fourth-order valence-electron chi connectivity index (χ4n) is 1.61. The molecule has 5 nitrogen and oxygen atoms in total. The van der Waals surface area contributed by atoms with Gasteiger partial charge in [-0.3, -0.25) is 4.79 Å². The maximum Gasteiger partial charge on any atom is 0.251 e. The van der Waals surface area contributed by atoms with E-state index in [2.05, 4.69) is 24.1 Å². The Labute approximate surface area is 120 Å². The number of rotatable bonds is 4. The second kappa shape index (κ2) is 5.92. The minimum Gasteiger partial charge on any atom is -0.504 e. The maximum absolute atomic E-state index is 11.9. The van der Waals surface area contributed by atoms with Crippen LogP contribution in [0.25, 0.3) is 0 Å². The van der Waals surface area contributed by atoms with E-state index in [4.69, 9.17) is 0 Å². The number of carbonyl (C=O) groups is 1. The van der Waals surface area contributed by atoms with Crippen LogP contribution in [-0.2, 0) is 6.54 Å². The van der Waals surface area contributed by atoms with E-state index >= 15 is 0 Å². The highest BCUT2D eigenvalue weighted by Gasteiger charge is 2.10. The molecule has 106 valence electrons. The van der Waals surface area contributed by atoms with Crippen molar-refractivity contribution >= 4 is 17.2 Å². The van der Waals surface area contributed by atoms with E-state index in [0.717, 1.165) is 10.7 Å². The maximum atomic E-state index is 11.9. The van der Waals surface area contributed by atoms with E-state index in [1.807, 2.05) is 5.38 Å². The molecule has 0 spiro atoms. The quantitative estimate of drug-likeness (QED) is 0.756. The molecular weight excluding hydrogens is 276 g/mol. The predicted molar refractivity (Wildman–Crippen MR) is 77.1 cm³/mol. The molecule has 0 aliphatic rings. The number of thiazole rings is 1. The molecule has 0 fully saturated rings. The molecule has 20 heavy (non-hydrogen) atoms. The van der Waals surface area contributed by atoms with Crippen LogP contribution in [0.1, 0.15) is 40.8 Å². The highest BCUT2D eigenvalue weighted by atomic mass is 32.1. The normalized spacial score (nSPS) is 10.8. The van der Waals surface area contributed by atoms with E-state index < -0.39 is 0 Å². The summed E-state index contributed by atoms with van der Waals surface area (Å²) in [5.74, 6) is -0.506. The lowest BCUT2D eigenvalue weighted by Crippen LogP contribution is -2.22. The Hall–Kier alpha value is -2.08. The second-order valence-corrected chi connectivity index (χ2v) is 5.61. The van der Waals surface area contributed by atoms with Crippen LogP contribution in [0.5, 0.6) is 11.5 Å². The lowest BCUT2D eigenvalue weighted by Gasteiger charge is -2.05. The van der Waals surface area contributed by atoms with Crippen molar-refractivity contribution < 1.29 is 15.0 Å². The van der Waals surface area contributed by atoms with Crippen molar-refractivity contribution in [2.75, 3.05) is 0 Å². The van der Waals surface area contributed by atoms with Crippen LogP contribution in [0.15, 0.2) is 23.6 Å². The van der Waals surface area contributed by atoms with Crippen LogP contribution in [0.4, 0.5) is 0 Å². The Kier molecular flexibility index (Phi) is 4.24. The summed E-state index contributed by atoms with van der Waals surface area (Å²) in [5, 5.41) is 24.2. The van der Waals surface area contributed by atoms with E-state index in [0.29, 0.717) is 18.0 Å². The number of nitrogens with one attached hydrogen (secondary N) is 1.